The van der Waals surface area contributed by atoms with Gasteiger partial charge in [0.1, 0.15) is 0 Å². The second-order valence-corrected chi connectivity index (χ2v) is 6.27. The van der Waals surface area contributed by atoms with E-state index in [1.807, 2.05) is 66.4 Å². The summed E-state index contributed by atoms with van der Waals surface area (Å²) in [5.41, 5.74) is 2.70. The van der Waals surface area contributed by atoms with Crippen LogP contribution in [0.15, 0.2) is 54.6 Å². The van der Waals surface area contributed by atoms with Gasteiger partial charge in [-0.2, -0.15) is 0 Å². The van der Waals surface area contributed by atoms with Gasteiger partial charge in [0.05, 0.1) is 6.10 Å². The van der Waals surface area contributed by atoms with Gasteiger partial charge in [0.15, 0.2) is 0 Å². The van der Waals surface area contributed by atoms with Crippen molar-refractivity contribution in [2.75, 3.05) is 6.54 Å². The largest absolute Gasteiger partial charge is 0.388 e. The maximum Gasteiger partial charge on any atom is 0.254 e. The minimum Gasteiger partial charge on any atom is -0.388 e. The molecule has 1 heterocycles. The molecule has 23 heavy (non-hydrogen) atoms. The van der Waals surface area contributed by atoms with Crippen LogP contribution in [0.3, 0.4) is 0 Å². The molecule has 3 rings (SSSR count). The average molecular weight is 309 g/mol. The Labute approximate surface area is 137 Å². The lowest BCUT2D eigenvalue weighted by molar-refractivity contribution is 0.0666. The summed E-state index contributed by atoms with van der Waals surface area (Å²) in [5.74, 6) is 0.0888. The summed E-state index contributed by atoms with van der Waals surface area (Å²) < 4.78 is 0. The monoisotopic (exact) mass is 309 g/mol. The van der Waals surface area contributed by atoms with Crippen molar-refractivity contribution in [2.24, 2.45) is 0 Å². The number of hydrogen-bond donors (Lipinski definition) is 1. The van der Waals surface area contributed by atoms with E-state index < -0.39 is 6.10 Å². The zero-order valence-corrected chi connectivity index (χ0v) is 13.5. The highest BCUT2D eigenvalue weighted by Crippen LogP contribution is 2.29. The third kappa shape index (κ3) is 3.45. The number of aliphatic hydroxyl groups is 1. The Morgan fingerprint density at radius 1 is 1.17 bits per heavy atom. The summed E-state index contributed by atoms with van der Waals surface area (Å²) in [6, 6.07) is 17.5. The molecule has 0 bridgehead atoms. The lowest BCUT2D eigenvalue weighted by atomic mass is 10.00. The predicted molar refractivity (Wildman–Crippen MR) is 91.3 cm³/mol. The van der Waals surface area contributed by atoms with Gasteiger partial charge in [-0.3, -0.25) is 4.79 Å². The molecule has 0 aliphatic carbocycles. The molecule has 2 atom stereocenters. The van der Waals surface area contributed by atoms with E-state index in [9.17, 15) is 9.90 Å². The van der Waals surface area contributed by atoms with E-state index in [0.717, 1.165) is 36.1 Å². The molecular weight excluding hydrogens is 286 g/mol. The molecule has 0 aromatic heterocycles. The zero-order valence-electron chi connectivity index (χ0n) is 13.5. The van der Waals surface area contributed by atoms with Crippen LogP contribution in [0.2, 0.25) is 0 Å². The Morgan fingerprint density at radius 2 is 1.87 bits per heavy atom. The van der Waals surface area contributed by atoms with Gasteiger partial charge >= 0.3 is 0 Å². The van der Waals surface area contributed by atoms with E-state index in [1.165, 1.54) is 0 Å². The first kappa shape index (κ1) is 15.8. The topological polar surface area (TPSA) is 40.5 Å². The van der Waals surface area contributed by atoms with Crippen LogP contribution in [0.25, 0.3) is 0 Å². The number of benzene rings is 2. The molecule has 3 heteroatoms. The summed E-state index contributed by atoms with van der Waals surface area (Å²) >= 11 is 0. The molecule has 120 valence electrons. The smallest absolute Gasteiger partial charge is 0.254 e. The number of amides is 1. The molecule has 1 aliphatic rings. The number of nitrogens with zero attached hydrogens (tertiary/aromatic N) is 1. The third-order valence-corrected chi connectivity index (χ3v) is 4.69. The molecule has 1 aliphatic heterocycles. The van der Waals surface area contributed by atoms with E-state index in [0.29, 0.717) is 6.42 Å². The van der Waals surface area contributed by atoms with E-state index in [1.54, 1.807) is 0 Å². The Kier molecular flexibility index (Phi) is 4.77. The molecule has 0 saturated carbocycles. The van der Waals surface area contributed by atoms with Gasteiger partial charge < -0.3 is 10.0 Å². The standard InChI is InChI=1S/C20H23NO2/c1-15-8-5-6-12-18(15)20(23)21-13-7-11-17(21)14-19(22)16-9-3-2-4-10-16/h2-6,8-10,12,17,19,22H,7,11,13-14H2,1H3. The summed E-state index contributed by atoms with van der Waals surface area (Å²) in [6.07, 6.45) is 2.04. The van der Waals surface area contributed by atoms with Crippen LogP contribution in [0, 0.1) is 6.92 Å². The lowest BCUT2D eigenvalue weighted by Crippen LogP contribution is -2.36. The molecule has 1 amide bonds. The van der Waals surface area contributed by atoms with Crippen molar-refractivity contribution >= 4 is 5.91 Å². The van der Waals surface area contributed by atoms with Crippen LogP contribution in [-0.2, 0) is 0 Å². The fourth-order valence-electron chi connectivity index (χ4n) is 3.38. The van der Waals surface area contributed by atoms with Crippen LogP contribution in [-0.4, -0.2) is 28.5 Å². The first-order valence-electron chi connectivity index (χ1n) is 8.26. The number of hydrogen-bond acceptors (Lipinski definition) is 2. The van der Waals surface area contributed by atoms with Gasteiger partial charge in [-0.15, -0.1) is 0 Å². The maximum absolute atomic E-state index is 12.8. The van der Waals surface area contributed by atoms with Crippen molar-refractivity contribution < 1.29 is 9.90 Å². The number of aliphatic hydroxyl groups excluding tert-OH is 1. The summed E-state index contributed by atoms with van der Waals surface area (Å²) in [5, 5.41) is 10.5. The average Bonchev–Trinajstić information content (AvgIpc) is 3.03. The van der Waals surface area contributed by atoms with Crippen LogP contribution in [0.5, 0.6) is 0 Å². The molecule has 0 radical (unpaired) electrons. The summed E-state index contributed by atoms with van der Waals surface area (Å²) in [4.78, 5) is 14.8. The fourth-order valence-corrected chi connectivity index (χ4v) is 3.38. The van der Waals surface area contributed by atoms with Crippen molar-refractivity contribution in [2.45, 2.75) is 38.3 Å². The molecule has 2 unspecified atom stereocenters. The Morgan fingerprint density at radius 3 is 2.61 bits per heavy atom. The maximum atomic E-state index is 12.8. The molecule has 3 nitrogen and oxygen atoms in total. The third-order valence-electron chi connectivity index (χ3n) is 4.69. The number of carbonyl (C=O) groups is 1. The Bertz CT molecular complexity index is 668. The van der Waals surface area contributed by atoms with Crippen molar-refractivity contribution in [1.29, 1.82) is 0 Å². The second kappa shape index (κ2) is 6.97. The highest BCUT2D eigenvalue weighted by atomic mass is 16.3. The van der Waals surface area contributed by atoms with Gasteiger partial charge in [-0.25, -0.2) is 0 Å². The molecule has 1 saturated heterocycles. The molecule has 0 spiro atoms. The normalized spacial score (nSPS) is 18.9. The van der Waals surface area contributed by atoms with E-state index in [2.05, 4.69) is 0 Å². The highest BCUT2D eigenvalue weighted by Gasteiger charge is 2.31. The Balaban J connectivity index is 1.73. The quantitative estimate of drug-likeness (QED) is 0.935. The molecule has 2 aromatic rings. The zero-order chi connectivity index (χ0) is 16.2. The van der Waals surface area contributed by atoms with Gasteiger partial charge in [0.2, 0.25) is 0 Å². The van der Waals surface area contributed by atoms with Crippen molar-refractivity contribution in [3.05, 3.63) is 71.3 Å². The molecule has 1 N–H and O–H groups in total. The predicted octanol–water partition coefficient (Wildman–Crippen LogP) is 3.72. The fraction of sp³-hybridized carbons (Fsp3) is 0.350. The van der Waals surface area contributed by atoms with Crippen LogP contribution in [0.4, 0.5) is 0 Å². The van der Waals surface area contributed by atoms with Gasteiger partial charge in [0, 0.05) is 18.2 Å². The van der Waals surface area contributed by atoms with Crippen LogP contribution < -0.4 is 0 Å². The minimum absolute atomic E-state index is 0.0888. The second-order valence-electron chi connectivity index (χ2n) is 6.27. The summed E-state index contributed by atoms with van der Waals surface area (Å²) in [7, 11) is 0. The van der Waals surface area contributed by atoms with E-state index in [4.69, 9.17) is 0 Å². The summed E-state index contributed by atoms with van der Waals surface area (Å²) in [6.45, 7) is 2.75. The molecular formula is C20H23NO2. The van der Waals surface area contributed by atoms with Crippen molar-refractivity contribution in [3.63, 3.8) is 0 Å². The highest BCUT2D eigenvalue weighted by molar-refractivity contribution is 5.96. The minimum atomic E-state index is -0.522. The SMILES string of the molecule is Cc1ccccc1C(=O)N1CCCC1CC(O)c1ccccc1. The first-order valence-corrected chi connectivity index (χ1v) is 8.26. The van der Waals surface area contributed by atoms with E-state index >= 15 is 0 Å². The molecule has 2 aromatic carbocycles. The number of carbonyl (C=O) groups excluding carboxylic acids is 1. The number of likely N-dealkylation sites (tertiary alicyclic amines) is 1. The van der Waals surface area contributed by atoms with Gasteiger partial charge in [-0.1, -0.05) is 48.5 Å². The van der Waals surface area contributed by atoms with Crippen molar-refractivity contribution in [3.8, 4) is 0 Å². The Hall–Kier alpha value is -2.13. The van der Waals surface area contributed by atoms with Gasteiger partial charge in [0.25, 0.3) is 5.91 Å². The van der Waals surface area contributed by atoms with Crippen LogP contribution >= 0.6 is 0 Å². The van der Waals surface area contributed by atoms with Gasteiger partial charge in [-0.05, 0) is 43.4 Å². The number of aryl methyl sites for hydroxylation is 1. The van der Waals surface area contributed by atoms with E-state index in [-0.39, 0.29) is 11.9 Å². The van der Waals surface area contributed by atoms with Crippen molar-refractivity contribution in [1.82, 2.24) is 4.90 Å². The van der Waals surface area contributed by atoms with Crippen LogP contribution in [0.1, 0.15) is 46.9 Å². The lowest BCUT2D eigenvalue weighted by Gasteiger charge is -2.27. The molecule has 1 fully saturated rings. The first-order chi connectivity index (χ1) is 11.2. The number of rotatable bonds is 4.